The molecule has 0 unspecified atom stereocenters. The van der Waals surface area contributed by atoms with Crippen LogP contribution in [0.2, 0.25) is 0 Å². The van der Waals surface area contributed by atoms with E-state index < -0.39 is 0 Å². The summed E-state index contributed by atoms with van der Waals surface area (Å²) in [6.45, 7) is 4.73. The summed E-state index contributed by atoms with van der Waals surface area (Å²) in [4.78, 5) is 35.7. The lowest BCUT2D eigenvalue weighted by molar-refractivity contribution is -0.119. The average molecular weight is 431 g/mol. The Hall–Kier alpha value is -1.93. The number of thiophene rings is 1. The van der Waals surface area contributed by atoms with Crippen LogP contribution in [0.4, 0.5) is 0 Å². The van der Waals surface area contributed by atoms with Gasteiger partial charge in [0.15, 0.2) is 5.16 Å². The molecule has 1 amide bonds. The van der Waals surface area contributed by atoms with Crippen LogP contribution >= 0.6 is 23.1 Å². The maximum absolute atomic E-state index is 13.2. The summed E-state index contributed by atoms with van der Waals surface area (Å²) >= 11 is 2.74. The molecule has 3 aromatic heterocycles. The van der Waals surface area contributed by atoms with Crippen LogP contribution in [0.15, 0.2) is 28.3 Å². The molecule has 0 aliphatic heterocycles. The molecule has 0 spiro atoms. The van der Waals surface area contributed by atoms with E-state index in [1.54, 1.807) is 10.8 Å². The fraction of sp³-hybridized carbons (Fsp3) is 0.524. The zero-order valence-corrected chi connectivity index (χ0v) is 18.4. The topological polar surface area (TPSA) is 76.9 Å². The van der Waals surface area contributed by atoms with Crippen molar-refractivity contribution in [3.63, 3.8) is 0 Å². The number of carbonyl (C=O) groups is 1. The highest BCUT2D eigenvalue weighted by molar-refractivity contribution is 7.99. The lowest BCUT2D eigenvalue weighted by Gasteiger charge is -2.22. The fourth-order valence-electron chi connectivity index (χ4n) is 3.82. The molecule has 1 aliphatic carbocycles. The maximum Gasteiger partial charge on any atom is 0.272 e. The van der Waals surface area contributed by atoms with E-state index >= 15 is 0 Å². The second-order valence-corrected chi connectivity index (χ2v) is 9.97. The molecule has 0 saturated heterocycles. The summed E-state index contributed by atoms with van der Waals surface area (Å²) in [5, 5.41) is 4.65. The molecule has 6 nitrogen and oxygen atoms in total. The molecule has 0 atom stereocenters. The van der Waals surface area contributed by atoms with Crippen LogP contribution in [-0.2, 0) is 11.3 Å². The first-order chi connectivity index (χ1) is 14.0. The van der Waals surface area contributed by atoms with Crippen molar-refractivity contribution < 1.29 is 4.79 Å². The summed E-state index contributed by atoms with van der Waals surface area (Å²) in [7, 11) is 0. The van der Waals surface area contributed by atoms with Gasteiger partial charge in [0.05, 0.1) is 11.3 Å². The highest BCUT2D eigenvalue weighted by Gasteiger charge is 2.20. The molecule has 1 fully saturated rings. The first-order valence-corrected chi connectivity index (χ1v) is 12.0. The van der Waals surface area contributed by atoms with Crippen molar-refractivity contribution in [2.75, 3.05) is 5.75 Å². The Morgan fingerprint density at radius 3 is 2.90 bits per heavy atom. The van der Waals surface area contributed by atoms with Crippen LogP contribution in [-0.4, -0.2) is 32.2 Å². The number of hydrogen-bond donors (Lipinski definition) is 1. The summed E-state index contributed by atoms with van der Waals surface area (Å²) in [5.41, 5.74) is 0.653. The number of pyridine rings is 1. The van der Waals surface area contributed by atoms with Gasteiger partial charge >= 0.3 is 0 Å². The van der Waals surface area contributed by atoms with Crippen LogP contribution in [0.3, 0.4) is 0 Å². The Labute approximate surface area is 178 Å². The van der Waals surface area contributed by atoms with E-state index in [1.807, 2.05) is 12.1 Å². The lowest BCUT2D eigenvalue weighted by Crippen LogP contribution is -2.37. The third kappa shape index (κ3) is 4.48. The van der Waals surface area contributed by atoms with Crippen LogP contribution in [0.1, 0.15) is 46.0 Å². The van der Waals surface area contributed by atoms with Crippen molar-refractivity contribution in [2.45, 2.75) is 63.7 Å². The molecule has 1 N–H and O–H groups in total. The van der Waals surface area contributed by atoms with E-state index in [-0.39, 0.29) is 23.3 Å². The standard InChI is InChI=1S/C21H26N4O2S2/c1-13(2)11-25-20(27)18-17(15-9-6-10-22-19(15)29-18)24-21(25)28-12-16(26)23-14-7-4-3-5-8-14/h6,9-10,13-14H,3-5,7-8,11-12H2,1-2H3,(H,23,26). The summed E-state index contributed by atoms with van der Waals surface area (Å²) in [6.07, 6.45) is 7.48. The molecule has 154 valence electrons. The van der Waals surface area contributed by atoms with E-state index in [0.29, 0.717) is 27.8 Å². The summed E-state index contributed by atoms with van der Waals surface area (Å²) in [6, 6.07) is 4.10. The number of fused-ring (bicyclic) bond motifs is 3. The summed E-state index contributed by atoms with van der Waals surface area (Å²) < 4.78 is 2.36. The van der Waals surface area contributed by atoms with Gasteiger partial charge in [0.2, 0.25) is 5.91 Å². The van der Waals surface area contributed by atoms with Crippen molar-refractivity contribution in [1.29, 1.82) is 0 Å². The van der Waals surface area contributed by atoms with Gasteiger partial charge in [0, 0.05) is 24.2 Å². The van der Waals surface area contributed by atoms with Gasteiger partial charge in [-0.2, -0.15) is 0 Å². The zero-order chi connectivity index (χ0) is 20.4. The molecule has 4 rings (SSSR count). The molecular formula is C21H26N4O2S2. The van der Waals surface area contributed by atoms with Crippen LogP contribution in [0.25, 0.3) is 20.4 Å². The van der Waals surface area contributed by atoms with Crippen molar-refractivity contribution in [3.05, 3.63) is 28.7 Å². The minimum absolute atomic E-state index is 0.0178. The van der Waals surface area contributed by atoms with Gasteiger partial charge in [0.1, 0.15) is 9.53 Å². The highest BCUT2D eigenvalue weighted by Crippen LogP contribution is 2.30. The second-order valence-electron chi connectivity index (χ2n) is 8.03. The van der Waals surface area contributed by atoms with E-state index in [2.05, 4.69) is 24.1 Å². The quantitative estimate of drug-likeness (QED) is 0.468. The normalized spacial score (nSPS) is 15.4. The predicted molar refractivity (Wildman–Crippen MR) is 120 cm³/mol. The summed E-state index contributed by atoms with van der Waals surface area (Å²) in [5.74, 6) is 0.589. The van der Waals surface area contributed by atoms with Gasteiger partial charge in [-0.1, -0.05) is 44.9 Å². The first kappa shape index (κ1) is 20.3. The SMILES string of the molecule is CC(C)Cn1c(SCC(=O)NC2CCCCC2)nc2c(sc3ncccc32)c1=O. The van der Waals surface area contributed by atoms with Gasteiger partial charge in [0.25, 0.3) is 5.56 Å². The monoisotopic (exact) mass is 430 g/mol. The molecule has 0 radical (unpaired) electrons. The Bertz CT molecular complexity index is 1080. The molecule has 1 aliphatic rings. The Morgan fingerprint density at radius 1 is 1.34 bits per heavy atom. The predicted octanol–water partition coefficient (Wildman–Crippen LogP) is 4.20. The minimum Gasteiger partial charge on any atom is -0.353 e. The van der Waals surface area contributed by atoms with Gasteiger partial charge < -0.3 is 5.32 Å². The van der Waals surface area contributed by atoms with Crippen molar-refractivity contribution in [1.82, 2.24) is 19.9 Å². The van der Waals surface area contributed by atoms with Crippen LogP contribution < -0.4 is 10.9 Å². The van der Waals surface area contributed by atoms with Crippen LogP contribution in [0, 0.1) is 5.92 Å². The third-order valence-electron chi connectivity index (χ3n) is 5.17. The van der Waals surface area contributed by atoms with Gasteiger partial charge in [-0.25, -0.2) is 9.97 Å². The Kier molecular flexibility index (Phi) is 6.20. The number of carbonyl (C=O) groups excluding carboxylic acids is 1. The smallest absolute Gasteiger partial charge is 0.272 e. The number of aromatic nitrogens is 3. The molecule has 0 aromatic carbocycles. The number of hydrogen-bond acceptors (Lipinski definition) is 6. The van der Waals surface area contributed by atoms with E-state index in [1.165, 1.54) is 42.4 Å². The molecule has 1 saturated carbocycles. The van der Waals surface area contributed by atoms with Crippen molar-refractivity contribution >= 4 is 49.4 Å². The molecule has 8 heteroatoms. The Balaban J connectivity index is 1.63. The minimum atomic E-state index is -0.0399. The number of thioether (sulfide) groups is 1. The van der Waals surface area contributed by atoms with Gasteiger partial charge in [-0.15, -0.1) is 11.3 Å². The van der Waals surface area contributed by atoms with Crippen LogP contribution in [0.5, 0.6) is 0 Å². The lowest BCUT2D eigenvalue weighted by atomic mass is 9.95. The fourth-order valence-corrected chi connectivity index (χ4v) is 5.67. The first-order valence-electron chi connectivity index (χ1n) is 10.2. The van der Waals surface area contributed by atoms with Gasteiger partial charge in [-0.3, -0.25) is 14.2 Å². The molecule has 29 heavy (non-hydrogen) atoms. The molecule has 3 heterocycles. The maximum atomic E-state index is 13.2. The van der Waals surface area contributed by atoms with E-state index in [0.717, 1.165) is 23.1 Å². The second kappa shape index (κ2) is 8.83. The van der Waals surface area contributed by atoms with Crippen molar-refractivity contribution in [2.24, 2.45) is 5.92 Å². The largest absolute Gasteiger partial charge is 0.353 e. The molecule has 3 aromatic rings. The molecular weight excluding hydrogens is 404 g/mol. The van der Waals surface area contributed by atoms with Crippen molar-refractivity contribution in [3.8, 4) is 0 Å². The van der Waals surface area contributed by atoms with Gasteiger partial charge in [-0.05, 0) is 30.9 Å². The van der Waals surface area contributed by atoms with E-state index in [9.17, 15) is 9.59 Å². The molecule has 0 bridgehead atoms. The number of amides is 1. The number of rotatable bonds is 6. The highest BCUT2D eigenvalue weighted by atomic mass is 32.2. The average Bonchev–Trinajstić information content (AvgIpc) is 3.08. The number of nitrogens with one attached hydrogen (secondary N) is 1. The number of nitrogens with zero attached hydrogens (tertiary/aromatic N) is 3. The Morgan fingerprint density at radius 2 is 2.14 bits per heavy atom. The van der Waals surface area contributed by atoms with E-state index in [4.69, 9.17) is 4.98 Å². The third-order valence-corrected chi connectivity index (χ3v) is 7.24. The zero-order valence-electron chi connectivity index (χ0n) is 16.8.